The first-order valence-electron chi connectivity index (χ1n) is 9.18. The number of nitrogens with zero attached hydrogens (tertiary/aromatic N) is 2. The molecule has 2 heterocycles. The Kier molecular flexibility index (Phi) is 6.63. The van der Waals surface area contributed by atoms with Crippen molar-refractivity contribution in [2.45, 2.75) is 38.5 Å². The van der Waals surface area contributed by atoms with Gasteiger partial charge in [-0.2, -0.15) is 0 Å². The van der Waals surface area contributed by atoms with Crippen LogP contribution >= 0.6 is 0 Å². The number of hydrogen-bond acceptors (Lipinski definition) is 5. The van der Waals surface area contributed by atoms with Gasteiger partial charge >= 0.3 is 0 Å². The van der Waals surface area contributed by atoms with Gasteiger partial charge in [0.1, 0.15) is 11.5 Å². The number of pyridine rings is 1. The maximum Gasteiger partial charge on any atom is 0.184 e. The van der Waals surface area contributed by atoms with Crippen LogP contribution in [0.2, 0.25) is 0 Å². The van der Waals surface area contributed by atoms with E-state index in [-0.39, 0.29) is 11.6 Å². The van der Waals surface area contributed by atoms with Crippen LogP contribution < -0.4 is 0 Å². The van der Waals surface area contributed by atoms with Crippen molar-refractivity contribution in [2.75, 3.05) is 0 Å². The van der Waals surface area contributed by atoms with E-state index in [2.05, 4.69) is 10.1 Å². The number of rotatable bonds is 10. The van der Waals surface area contributed by atoms with Crippen molar-refractivity contribution in [1.82, 2.24) is 10.1 Å². The quantitative estimate of drug-likeness (QED) is 0.387. The molecule has 0 aliphatic carbocycles. The Morgan fingerprint density at radius 1 is 0.926 bits per heavy atom. The summed E-state index contributed by atoms with van der Waals surface area (Å²) in [5.41, 5.74) is 2.20. The van der Waals surface area contributed by atoms with E-state index in [1.807, 2.05) is 42.5 Å². The Hall–Kier alpha value is -3.08. The largest absolute Gasteiger partial charge is 0.356 e. The number of benzene rings is 1. The van der Waals surface area contributed by atoms with Gasteiger partial charge in [-0.25, -0.2) is 0 Å². The molecule has 0 aliphatic heterocycles. The molecule has 3 rings (SSSR count). The monoisotopic (exact) mass is 362 g/mol. The molecule has 0 bridgehead atoms. The molecule has 138 valence electrons. The predicted octanol–water partition coefficient (Wildman–Crippen LogP) is 4.68. The van der Waals surface area contributed by atoms with Gasteiger partial charge in [-0.1, -0.05) is 48.0 Å². The molecule has 2 aromatic heterocycles. The lowest BCUT2D eigenvalue weighted by atomic mass is 10.0. The molecular formula is C22H22N2O3. The lowest BCUT2D eigenvalue weighted by Gasteiger charge is -2.01. The van der Waals surface area contributed by atoms with Gasteiger partial charge in [0.05, 0.1) is 0 Å². The second-order valence-electron chi connectivity index (χ2n) is 6.50. The van der Waals surface area contributed by atoms with Crippen LogP contribution in [-0.4, -0.2) is 21.7 Å². The maximum absolute atomic E-state index is 12.2. The van der Waals surface area contributed by atoms with Gasteiger partial charge in [-0.3, -0.25) is 14.6 Å². The smallest absolute Gasteiger partial charge is 0.184 e. The topological polar surface area (TPSA) is 73.1 Å². The van der Waals surface area contributed by atoms with E-state index in [9.17, 15) is 9.59 Å². The third-order valence-corrected chi connectivity index (χ3v) is 4.34. The van der Waals surface area contributed by atoms with E-state index in [0.717, 1.165) is 30.4 Å². The lowest BCUT2D eigenvalue weighted by molar-refractivity contribution is -0.118. The summed E-state index contributed by atoms with van der Waals surface area (Å²) in [6.45, 7) is 0. The molecule has 5 nitrogen and oxygen atoms in total. The summed E-state index contributed by atoms with van der Waals surface area (Å²) >= 11 is 0. The summed E-state index contributed by atoms with van der Waals surface area (Å²) in [5.74, 6) is 0.779. The molecule has 3 aromatic rings. The highest BCUT2D eigenvalue weighted by atomic mass is 16.5. The molecule has 0 radical (unpaired) electrons. The van der Waals surface area contributed by atoms with Crippen molar-refractivity contribution in [2.24, 2.45) is 0 Å². The van der Waals surface area contributed by atoms with Crippen LogP contribution in [0.5, 0.6) is 0 Å². The Bertz CT molecular complexity index is 873. The molecule has 0 spiro atoms. The predicted molar refractivity (Wildman–Crippen MR) is 102 cm³/mol. The van der Waals surface area contributed by atoms with Crippen molar-refractivity contribution in [3.63, 3.8) is 0 Å². The summed E-state index contributed by atoms with van der Waals surface area (Å²) < 4.78 is 5.27. The minimum atomic E-state index is -0.0254. The summed E-state index contributed by atoms with van der Waals surface area (Å²) in [4.78, 5) is 28.2. The maximum atomic E-state index is 12.2. The SMILES string of the molecule is O=C(CCCCCC(=O)c1cc(-c2ccccc2)on1)Cc1cccnc1. The van der Waals surface area contributed by atoms with Crippen LogP contribution in [-0.2, 0) is 11.2 Å². The van der Waals surface area contributed by atoms with Crippen molar-refractivity contribution in [3.05, 3.63) is 72.2 Å². The number of Topliss-reactive ketones (excluding diaryl/α,β-unsaturated/α-hetero) is 2. The van der Waals surface area contributed by atoms with Crippen LogP contribution in [0.1, 0.15) is 48.2 Å². The lowest BCUT2D eigenvalue weighted by Crippen LogP contribution is -2.03. The first kappa shape index (κ1) is 18.7. The fraction of sp³-hybridized carbons (Fsp3) is 0.273. The number of aromatic nitrogens is 2. The minimum Gasteiger partial charge on any atom is -0.356 e. The van der Waals surface area contributed by atoms with E-state index >= 15 is 0 Å². The van der Waals surface area contributed by atoms with Crippen molar-refractivity contribution in [1.29, 1.82) is 0 Å². The average Bonchev–Trinajstić information content (AvgIpc) is 3.19. The van der Waals surface area contributed by atoms with Gasteiger partial charge in [0.15, 0.2) is 11.5 Å². The Labute approximate surface area is 158 Å². The number of unbranched alkanes of at least 4 members (excludes halogenated alkanes) is 2. The second-order valence-corrected chi connectivity index (χ2v) is 6.50. The van der Waals surface area contributed by atoms with E-state index in [0.29, 0.717) is 30.7 Å². The zero-order valence-electron chi connectivity index (χ0n) is 15.1. The second kappa shape index (κ2) is 9.57. The number of carbonyl (C=O) groups is 2. The molecule has 1 aromatic carbocycles. The van der Waals surface area contributed by atoms with Crippen molar-refractivity contribution < 1.29 is 14.1 Å². The van der Waals surface area contributed by atoms with Gasteiger partial charge in [0.25, 0.3) is 0 Å². The summed E-state index contributed by atoms with van der Waals surface area (Å²) in [5, 5.41) is 3.88. The first-order chi connectivity index (χ1) is 13.2. The molecule has 0 aliphatic rings. The molecule has 5 heteroatoms. The van der Waals surface area contributed by atoms with E-state index in [1.165, 1.54) is 0 Å². The molecular weight excluding hydrogens is 340 g/mol. The summed E-state index contributed by atoms with van der Waals surface area (Å²) in [6.07, 6.45) is 7.17. The molecule has 0 unspecified atom stereocenters. The molecule has 0 saturated carbocycles. The molecule has 0 atom stereocenters. The van der Waals surface area contributed by atoms with E-state index in [1.54, 1.807) is 18.5 Å². The van der Waals surface area contributed by atoms with E-state index < -0.39 is 0 Å². The fourth-order valence-electron chi connectivity index (χ4n) is 2.88. The van der Waals surface area contributed by atoms with Gasteiger partial charge in [-0.05, 0) is 24.5 Å². The fourth-order valence-corrected chi connectivity index (χ4v) is 2.88. The third kappa shape index (κ3) is 5.71. The first-order valence-corrected chi connectivity index (χ1v) is 9.18. The van der Waals surface area contributed by atoms with E-state index in [4.69, 9.17) is 4.52 Å². The Morgan fingerprint density at radius 2 is 1.74 bits per heavy atom. The highest BCUT2D eigenvalue weighted by Gasteiger charge is 2.13. The van der Waals surface area contributed by atoms with Crippen LogP contribution in [0.15, 0.2) is 65.4 Å². The minimum absolute atomic E-state index is 0.0254. The van der Waals surface area contributed by atoms with Gasteiger partial charge < -0.3 is 4.52 Å². The normalized spacial score (nSPS) is 10.7. The Morgan fingerprint density at radius 3 is 2.52 bits per heavy atom. The van der Waals surface area contributed by atoms with Crippen molar-refractivity contribution >= 4 is 11.6 Å². The highest BCUT2D eigenvalue weighted by Crippen LogP contribution is 2.20. The third-order valence-electron chi connectivity index (χ3n) is 4.34. The standard InChI is InChI=1S/C22H22N2O3/c25-19(14-17-8-7-13-23-16-17)11-5-2-6-12-21(26)20-15-22(27-24-20)18-9-3-1-4-10-18/h1,3-4,7-10,13,15-16H,2,5-6,11-12,14H2. The molecule has 0 fully saturated rings. The van der Waals surface area contributed by atoms with Crippen molar-refractivity contribution in [3.8, 4) is 11.3 Å². The number of ketones is 2. The highest BCUT2D eigenvalue weighted by molar-refractivity contribution is 5.94. The molecule has 0 amide bonds. The number of carbonyl (C=O) groups excluding carboxylic acids is 2. The number of hydrogen-bond donors (Lipinski definition) is 0. The molecule has 0 N–H and O–H groups in total. The zero-order valence-corrected chi connectivity index (χ0v) is 15.1. The van der Waals surface area contributed by atoms with Crippen LogP contribution in [0.3, 0.4) is 0 Å². The molecule has 0 saturated heterocycles. The van der Waals surface area contributed by atoms with Crippen LogP contribution in [0.25, 0.3) is 11.3 Å². The molecule has 27 heavy (non-hydrogen) atoms. The summed E-state index contributed by atoms with van der Waals surface area (Å²) in [7, 11) is 0. The van der Waals surface area contributed by atoms with Crippen LogP contribution in [0.4, 0.5) is 0 Å². The summed E-state index contributed by atoms with van der Waals surface area (Å²) in [6, 6.07) is 15.0. The van der Waals surface area contributed by atoms with Gasteiger partial charge in [0.2, 0.25) is 0 Å². The Balaban J connectivity index is 1.36. The van der Waals surface area contributed by atoms with Gasteiger partial charge in [-0.15, -0.1) is 0 Å². The van der Waals surface area contributed by atoms with Crippen LogP contribution in [0, 0.1) is 0 Å². The zero-order chi connectivity index (χ0) is 18.9. The van der Waals surface area contributed by atoms with Gasteiger partial charge in [0, 0.05) is 43.3 Å². The average molecular weight is 362 g/mol.